The smallest absolute Gasteiger partial charge is 0.253 e. The standard InChI is InChI=1S/C28H27N3O/c1-20-2-6-22(7-3-20)25-11-10-24(16-26(25)23-8-4-21(17-29)5-9-23)27(32)31-15-13-28(19-31)12-14-30-18-28/h2-11,16,30H,12-15,18-19H2,1H3. The fourth-order valence-electron chi connectivity index (χ4n) is 5.06. The van der Waals surface area contributed by atoms with Gasteiger partial charge in [-0.25, -0.2) is 0 Å². The predicted molar refractivity (Wildman–Crippen MR) is 127 cm³/mol. The molecule has 4 heteroatoms. The van der Waals surface area contributed by atoms with E-state index in [4.69, 9.17) is 0 Å². The summed E-state index contributed by atoms with van der Waals surface area (Å²) in [5.41, 5.74) is 7.05. The molecule has 5 rings (SSSR count). The molecule has 3 aromatic carbocycles. The van der Waals surface area contributed by atoms with E-state index in [2.05, 4.69) is 48.6 Å². The van der Waals surface area contributed by atoms with Crippen molar-refractivity contribution in [2.24, 2.45) is 5.41 Å². The van der Waals surface area contributed by atoms with Crippen LogP contribution >= 0.6 is 0 Å². The Morgan fingerprint density at radius 2 is 1.69 bits per heavy atom. The maximum Gasteiger partial charge on any atom is 0.253 e. The second-order valence-electron chi connectivity index (χ2n) is 9.22. The lowest BCUT2D eigenvalue weighted by atomic mass is 9.86. The predicted octanol–water partition coefficient (Wildman–Crippen LogP) is 5.03. The van der Waals surface area contributed by atoms with Crippen molar-refractivity contribution in [3.05, 3.63) is 83.4 Å². The first-order valence-electron chi connectivity index (χ1n) is 11.3. The third-order valence-corrected chi connectivity index (χ3v) is 7.01. The molecule has 0 bridgehead atoms. The fraction of sp³-hybridized carbons (Fsp3) is 0.286. The highest BCUT2D eigenvalue weighted by molar-refractivity contribution is 5.98. The normalized spacial score (nSPS) is 19.9. The minimum Gasteiger partial charge on any atom is -0.338 e. The summed E-state index contributed by atoms with van der Waals surface area (Å²) in [6, 6.07) is 24.3. The monoisotopic (exact) mass is 421 g/mol. The fourth-order valence-corrected chi connectivity index (χ4v) is 5.06. The molecule has 1 N–H and O–H groups in total. The van der Waals surface area contributed by atoms with Crippen molar-refractivity contribution >= 4 is 5.91 Å². The summed E-state index contributed by atoms with van der Waals surface area (Å²) in [6.07, 6.45) is 2.23. The van der Waals surface area contributed by atoms with Gasteiger partial charge in [0.1, 0.15) is 0 Å². The zero-order chi connectivity index (χ0) is 22.1. The van der Waals surface area contributed by atoms with Crippen molar-refractivity contribution in [3.63, 3.8) is 0 Å². The van der Waals surface area contributed by atoms with Crippen molar-refractivity contribution in [1.29, 1.82) is 5.26 Å². The highest BCUT2D eigenvalue weighted by Crippen LogP contribution is 2.38. The van der Waals surface area contributed by atoms with E-state index < -0.39 is 0 Å². The second kappa shape index (κ2) is 8.26. The molecule has 4 nitrogen and oxygen atoms in total. The number of likely N-dealkylation sites (tertiary alicyclic amines) is 1. The number of hydrogen-bond acceptors (Lipinski definition) is 3. The van der Waals surface area contributed by atoms with E-state index in [-0.39, 0.29) is 11.3 Å². The average molecular weight is 422 g/mol. The van der Waals surface area contributed by atoms with E-state index in [1.54, 1.807) is 0 Å². The van der Waals surface area contributed by atoms with Gasteiger partial charge >= 0.3 is 0 Å². The Kier molecular flexibility index (Phi) is 5.28. The number of nitrogens with one attached hydrogen (secondary N) is 1. The summed E-state index contributed by atoms with van der Waals surface area (Å²) >= 11 is 0. The second-order valence-corrected chi connectivity index (χ2v) is 9.22. The third-order valence-electron chi connectivity index (χ3n) is 7.01. The lowest BCUT2D eigenvalue weighted by molar-refractivity contribution is 0.0776. The Hall–Kier alpha value is -3.42. The van der Waals surface area contributed by atoms with Crippen molar-refractivity contribution in [2.75, 3.05) is 26.2 Å². The van der Waals surface area contributed by atoms with Gasteiger partial charge in [0.15, 0.2) is 0 Å². The lowest BCUT2D eigenvalue weighted by Crippen LogP contribution is -2.33. The van der Waals surface area contributed by atoms with Gasteiger partial charge in [0, 0.05) is 30.6 Å². The molecule has 160 valence electrons. The summed E-state index contributed by atoms with van der Waals surface area (Å²) in [5.74, 6) is 0.110. The Balaban J connectivity index is 1.52. The van der Waals surface area contributed by atoms with Crippen LogP contribution in [0.25, 0.3) is 22.3 Å². The zero-order valence-corrected chi connectivity index (χ0v) is 18.4. The summed E-state index contributed by atoms with van der Waals surface area (Å²) in [4.78, 5) is 15.5. The van der Waals surface area contributed by atoms with Gasteiger partial charge in [0.2, 0.25) is 0 Å². The summed E-state index contributed by atoms with van der Waals surface area (Å²) in [7, 11) is 0. The largest absolute Gasteiger partial charge is 0.338 e. The summed E-state index contributed by atoms with van der Waals surface area (Å²) in [6.45, 7) is 5.81. The molecular weight excluding hydrogens is 394 g/mol. The molecule has 2 heterocycles. The summed E-state index contributed by atoms with van der Waals surface area (Å²) in [5, 5.41) is 12.6. The molecule has 2 aliphatic rings. The number of amides is 1. The van der Waals surface area contributed by atoms with Crippen molar-refractivity contribution in [1.82, 2.24) is 10.2 Å². The zero-order valence-electron chi connectivity index (χ0n) is 18.4. The number of carbonyl (C=O) groups excluding carboxylic acids is 1. The Labute approximate surface area is 189 Å². The van der Waals surface area contributed by atoms with Crippen LogP contribution in [0.1, 0.15) is 34.3 Å². The van der Waals surface area contributed by atoms with E-state index in [9.17, 15) is 10.1 Å². The van der Waals surface area contributed by atoms with Gasteiger partial charge in [-0.05, 0) is 72.8 Å². The van der Waals surface area contributed by atoms with Crippen LogP contribution in [0.3, 0.4) is 0 Å². The first kappa shape index (κ1) is 20.5. The van der Waals surface area contributed by atoms with Crippen molar-refractivity contribution < 1.29 is 4.79 Å². The minimum absolute atomic E-state index is 0.110. The molecule has 1 atom stereocenters. The molecule has 1 unspecified atom stereocenters. The molecule has 0 radical (unpaired) electrons. The Morgan fingerprint density at radius 1 is 0.969 bits per heavy atom. The summed E-state index contributed by atoms with van der Waals surface area (Å²) < 4.78 is 0. The van der Waals surface area contributed by atoms with Crippen LogP contribution in [-0.2, 0) is 0 Å². The average Bonchev–Trinajstić information content (AvgIpc) is 3.48. The van der Waals surface area contributed by atoms with Gasteiger partial charge in [-0.3, -0.25) is 4.79 Å². The van der Waals surface area contributed by atoms with Gasteiger partial charge in [0.05, 0.1) is 11.6 Å². The van der Waals surface area contributed by atoms with E-state index in [0.29, 0.717) is 5.56 Å². The molecule has 32 heavy (non-hydrogen) atoms. The van der Waals surface area contributed by atoms with E-state index in [1.807, 2.05) is 41.3 Å². The number of hydrogen-bond donors (Lipinski definition) is 1. The first-order chi connectivity index (χ1) is 15.6. The van der Waals surface area contributed by atoms with Crippen LogP contribution < -0.4 is 5.32 Å². The first-order valence-corrected chi connectivity index (χ1v) is 11.3. The number of rotatable bonds is 3. The van der Waals surface area contributed by atoms with Crippen molar-refractivity contribution in [3.8, 4) is 28.3 Å². The number of carbonyl (C=O) groups is 1. The quantitative estimate of drug-likeness (QED) is 0.646. The molecule has 2 fully saturated rings. The molecule has 2 aliphatic heterocycles. The van der Waals surface area contributed by atoms with Gasteiger partial charge in [0.25, 0.3) is 5.91 Å². The molecule has 0 aromatic heterocycles. The van der Waals surface area contributed by atoms with Gasteiger partial charge < -0.3 is 10.2 Å². The van der Waals surface area contributed by atoms with Crippen LogP contribution in [-0.4, -0.2) is 37.0 Å². The minimum atomic E-state index is 0.110. The van der Waals surface area contributed by atoms with Crippen LogP contribution in [0, 0.1) is 23.7 Å². The molecule has 0 aliphatic carbocycles. The molecule has 1 amide bonds. The van der Waals surface area contributed by atoms with E-state index in [0.717, 1.165) is 66.8 Å². The Bertz CT molecular complexity index is 1180. The van der Waals surface area contributed by atoms with E-state index >= 15 is 0 Å². The van der Waals surface area contributed by atoms with Gasteiger partial charge in [-0.1, -0.05) is 48.0 Å². The number of nitriles is 1. The molecular formula is C28H27N3O. The molecule has 1 spiro atoms. The van der Waals surface area contributed by atoms with Crippen molar-refractivity contribution in [2.45, 2.75) is 19.8 Å². The number of aryl methyl sites for hydroxylation is 1. The third kappa shape index (κ3) is 3.81. The van der Waals surface area contributed by atoms with E-state index in [1.165, 1.54) is 5.56 Å². The highest BCUT2D eigenvalue weighted by atomic mass is 16.2. The lowest BCUT2D eigenvalue weighted by Gasteiger charge is -2.23. The van der Waals surface area contributed by atoms with Gasteiger partial charge in [-0.2, -0.15) is 5.26 Å². The molecule has 2 saturated heterocycles. The highest BCUT2D eigenvalue weighted by Gasteiger charge is 2.42. The Morgan fingerprint density at radius 3 is 2.38 bits per heavy atom. The van der Waals surface area contributed by atoms with Crippen LogP contribution in [0.15, 0.2) is 66.7 Å². The SMILES string of the molecule is Cc1ccc(-c2ccc(C(=O)N3CCC4(CCNC4)C3)cc2-c2ccc(C#N)cc2)cc1. The maximum atomic E-state index is 13.4. The van der Waals surface area contributed by atoms with Crippen LogP contribution in [0.5, 0.6) is 0 Å². The molecule has 3 aromatic rings. The maximum absolute atomic E-state index is 13.4. The van der Waals surface area contributed by atoms with Crippen LogP contribution in [0.4, 0.5) is 0 Å². The number of nitrogens with zero attached hydrogens (tertiary/aromatic N) is 2. The number of benzene rings is 3. The van der Waals surface area contributed by atoms with Gasteiger partial charge in [-0.15, -0.1) is 0 Å². The van der Waals surface area contributed by atoms with Crippen LogP contribution in [0.2, 0.25) is 0 Å². The molecule has 0 saturated carbocycles. The topological polar surface area (TPSA) is 56.1 Å².